The van der Waals surface area contributed by atoms with E-state index >= 15 is 0 Å². The third-order valence-corrected chi connectivity index (χ3v) is 5.49. The van der Waals surface area contributed by atoms with Gasteiger partial charge in [-0.05, 0) is 60.9 Å². The topological polar surface area (TPSA) is 88.4 Å². The Bertz CT molecular complexity index is 1150. The standard InChI is InChI=1S/C21H18Cl2N2O4S/c1-30-9-8-17(25-20(27)15-5-3-13(22)11-16(15)23)21(28)24-14-4-6-18-12(10-14)2-7-19(26)29-18/h2-7,10-11,17H,8-9H2,1H3,(H,24,28)(H,25,27). The van der Waals surface area contributed by atoms with Gasteiger partial charge >= 0.3 is 5.63 Å². The van der Waals surface area contributed by atoms with E-state index in [4.69, 9.17) is 27.6 Å². The number of carbonyl (C=O) groups is 2. The molecule has 0 spiro atoms. The minimum absolute atomic E-state index is 0.208. The van der Waals surface area contributed by atoms with E-state index in [1.165, 1.54) is 18.2 Å². The Balaban J connectivity index is 1.77. The van der Waals surface area contributed by atoms with Gasteiger partial charge in [-0.25, -0.2) is 4.79 Å². The van der Waals surface area contributed by atoms with Gasteiger partial charge in [0.1, 0.15) is 11.6 Å². The molecule has 2 aromatic carbocycles. The second kappa shape index (κ2) is 10.0. The van der Waals surface area contributed by atoms with Gasteiger partial charge in [-0.1, -0.05) is 23.2 Å². The van der Waals surface area contributed by atoms with Crippen LogP contribution in [0.3, 0.4) is 0 Å². The first-order valence-electron chi connectivity index (χ1n) is 8.97. The van der Waals surface area contributed by atoms with E-state index in [1.807, 2.05) is 6.26 Å². The van der Waals surface area contributed by atoms with Crippen molar-refractivity contribution in [1.82, 2.24) is 5.32 Å². The molecule has 0 saturated heterocycles. The summed E-state index contributed by atoms with van der Waals surface area (Å²) in [4.78, 5) is 36.8. The molecule has 0 aliphatic carbocycles. The summed E-state index contributed by atoms with van der Waals surface area (Å²) in [6, 6.07) is 11.6. The Morgan fingerprint density at radius 1 is 1.10 bits per heavy atom. The highest BCUT2D eigenvalue weighted by Crippen LogP contribution is 2.22. The van der Waals surface area contributed by atoms with Crippen LogP contribution in [0.25, 0.3) is 11.0 Å². The number of carbonyl (C=O) groups excluding carboxylic acids is 2. The lowest BCUT2D eigenvalue weighted by atomic mass is 10.1. The molecule has 2 amide bonds. The average Bonchev–Trinajstić information content (AvgIpc) is 2.71. The van der Waals surface area contributed by atoms with Gasteiger partial charge in [0.25, 0.3) is 5.91 Å². The van der Waals surface area contributed by atoms with Gasteiger partial charge in [-0.2, -0.15) is 11.8 Å². The normalized spacial score (nSPS) is 11.8. The van der Waals surface area contributed by atoms with Crippen molar-refractivity contribution < 1.29 is 14.0 Å². The maximum atomic E-state index is 12.9. The number of amides is 2. The van der Waals surface area contributed by atoms with E-state index in [0.717, 1.165) is 0 Å². The summed E-state index contributed by atoms with van der Waals surface area (Å²) in [6.07, 6.45) is 2.36. The summed E-state index contributed by atoms with van der Waals surface area (Å²) in [7, 11) is 0. The first kappa shape index (κ1) is 22.2. The van der Waals surface area contributed by atoms with Crippen LogP contribution in [0.4, 0.5) is 5.69 Å². The van der Waals surface area contributed by atoms with Crippen LogP contribution in [0.15, 0.2) is 57.7 Å². The number of benzene rings is 2. The second-order valence-electron chi connectivity index (χ2n) is 6.43. The van der Waals surface area contributed by atoms with Crippen LogP contribution in [-0.4, -0.2) is 29.9 Å². The fourth-order valence-corrected chi connectivity index (χ4v) is 3.76. The predicted octanol–water partition coefficient (Wildman–Crippen LogP) is 4.59. The van der Waals surface area contributed by atoms with Crippen molar-refractivity contribution in [3.05, 3.63) is 74.6 Å². The zero-order valence-corrected chi connectivity index (χ0v) is 18.2. The van der Waals surface area contributed by atoms with Crippen LogP contribution < -0.4 is 16.3 Å². The maximum Gasteiger partial charge on any atom is 0.336 e. The molecule has 1 unspecified atom stereocenters. The van der Waals surface area contributed by atoms with Gasteiger partial charge < -0.3 is 15.1 Å². The fraction of sp³-hybridized carbons (Fsp3) is 0.190. The number of halogens is 2. The van der Waals surface area contributed by atoms with Gasteiger partial charge in [0.05, 0.1) is 10.6 Å². The minimum atomic E-state index is -0.763. The molecule has 3 aromatic rings. The quantitative estimate of drug-likeness (QED) is 0.499. The first-order valence-corrected chi connectivity index (χ1v) is 11.1. The summed E-state index contributed by atoms with van der Waals surface area (Å²) in [5.74, 6) is -0.146. The molecule has 0 radical (unpaired) electrons. The first-order chi connectivity index (χ1) is 14.4. The lowest BCUT2D eigenvalue weighted by molar-refractivity contribution is -0.118. The van der Waals surface area contributed by atoms with Crippen LogP contribution in [-0.2, 0) is 4.79 Å². The van der Waals surface area contributed by atoms with Gasteiger partial charge in [0, 0.05) is 22.2 Å². The lowest BCUT2D eigenvalue weighted by Gasteiger charge is -2.19. The largest absolute Gasteiger partial charge is 0.423 e. The molecule has 1 atom stereocenters. The highest BCUT2D eigenvalue weighted by molar-refractivity contribution is 7.98. The smallest absolute Gasteiger partial charge is 0.336 e. The van der Waals surface area contributed by atoms with Crippen LogP contribution in [0, 0.1) is 0 Å². The van der Waals surface area contributed by atoms with Crippen molar-refractivity contribution in [2.45, 2.75) is 12.5 Å². The van der Waals surface area contributed by atoms with Crippen LogP contribution >= 0.6 is 35.0 Å². The van der Waals surface area contributed by atoms with Crippen molar-refractivity contribution in [3.63, 3.8) is 0 Å². The molecule has 9 heteroatoms. The number of rotatable bonds is 7. The van der Waals surface area contributed by atoms with Crippen LogP contribution in [0.1, 0.15) is 16.8 Å². The molecule has 156 valence electrons. The molecule has 0 fully saturated rings. The Labute approximate surface area is 186 Å². The van der Waals surface area contributed by atoms with E-state index in [2.05, 4.69) is 10.6 Å². The molecule has 1 aromatic heterocycles. The van der Waals surface area contributed by atoms with Crippen molar-refractivity contribution in [3.8, 4) is 0 Å². The van der Waals surface area contributed by atoms with E-state index in [-0.39, 0.29) is 16.5 Å². The van der Waals surface area contributed by atoms with Crippen molar-refractivity contribution >= 4 is 63.4 Å². The van der Waals surface area contributed by atoms with Gasteiger partial charge in [-0.15, -0.1) is 0 Å². The summed E-state index contributed by atoms with van der Waals surface area (Å²) < 4.78 is 5.09. The van der Waals surface area contributed by atoms with E-state index in [1.54, 1.807) is 42.1 Å². The molecule has 0 aliphatic rings. The predicted molar refractivity (Wildman–Crippen MR) is 122 cm³/mol. The monoisotopic (exact) mass is 464 g/mol. The summed E-state index contributed by atoms with van der Waals surface area (Å²) in [5, 5.41) is 6.84. The van der Waals surface area contributed by atoms with E-state index in [0.29, 0.717) is 33.9 Å². The third-order valence-electron chi connectivity index (χ3n) is 4.30. The number of hydrogen-bond acceptors (Lipinski definition) is 5. The van der Waals surface area contributed by atoms with Crippen molar-refractivity contribution in [1.29, 1.82) is 0 Å². The number of hydrogen-bond donors (Lipinski definition) is 2. The molecule has 0 saturated carbocycles. The number of thioether (sulfide) groups is 1. The molecule has 0 aliphatic heterocycles. The molecular weight excluding hydrogens is 447 g/mol. The molecule has 6 nitrogen and oxygen atoms in total. The van der Waals surface area contributed by atoms with Crippen molar-refractivity contribution in [2.75, 3.05) is 17.3 Å². The average molecular weight is 465 g/mol. The van der Waals surface area contributed by atoms with Gasteiger partial charge in [0.2, 0.25) is 5.91 Å². The summed E-state index contributed by atoms with van der Waals surface area (Å²) in [5.41, 5.74) is 0.739. The highest BCUT2D eigenvalue weighted by atomic mass is 35.5. The lowest BCUT2D eigenvalue weighted by Crippen LogP contribution is -2.44. The van der Waals surface area contributed by atoms with Crippen LogP contribution in [0.5, 0.6) is 0 Å². The molecule has 30 heavy (non-hydrogen) atoms. The van der Waals surface area contributed by atoms with E-state index < -0.39 is 17.6 Å². The number of fused-ring (bicyclic) bond motifs is 1. The summed E-state index contributed by atoms with van der Waals surface area (Å²) in [6.45, 7) is 0. The molecule has 0 bridgehead atoms. The van der Waals surface area contributed by atoms with E-state index in [9.17, 15) is 14.4 Å². The zero-order chi connectivity index (χ0) is 21.7. The summed E-state index contributed by atoms with van der Waals surface area (Å²) >= 11 is 13.6. The number of anilines is 1. The molecule has 2 N–H and O–H groups in total. The Hall–Kier alpha value is -2.48. The van der Waals surface area contributed by atoms with Gasteiger partial charge in [-0.3, -0.25) is 9.59 Å². The number of nitrogens with one attached hydrogen (secondary N) is 2. The highest BCUT2D eigenvalue weighted by Gasteiger charge is 2.22. The molecule has 1 heterocycles. The Kier molecular flexibility index (Phi) is 7.42. The minimum Gasteiger partial charge on any atom is -0.423 e. The van der Waals surface area contributed by atoms with Gasteiger partial charge in [0.15, 0.2) is 0 Å². The second-order valence-corrected chi connectivity index (χ2v) is 8.26. The fourth-order valence-electron chi connectivity index (χ4n) is 2.79. The Morgan fingerprint density at radius 3 is 2.63 bits per heavy atom. The van der Waals surface area contributed by atoms with Crippen LogP contribution in [0.2, 0.25) is 10.0 Å². The molecule has 3 rings (SSSR count). The van der Waals surface area contributed by atoms with Crippen molar-refractivity contribution in [2.24, 2.45) is 0 Å². The maximum absolute atomic E-state index is 12.9. The Morgan fingerprint density at radius 2 is 1.90 bits per heavy atom. The zero-order valence-electron chi connectivity index (χ0n) is 15.9. The molecular formula is C21H18Cl2N2O4S. The third kappa shape index (κ3) is 5.56. The SMILES string of the molecule is CSCCC(NC(=O)c1ccc(Cl)cc1Cl)C(=O)Nc1ccc2oc(=O)ccc2c1.